The Kier molecular flexibility index (Phi) is 6.32. The number of hydrogen-bond acceptors (Lipinski definition) is 3. The molecule has 1 aliphatic heterocycles. The normalized spacial score (nSPS) is 15.9. The first kappa shape index (κ1) is 18.2. The lowest BCUT2D eigenvalue weighted by atomic mass is 10.2. The van der Waals surface area contributed by atoms with Crippen molar-refractivity contribution in [2.24, 2.45) is 0 Å². The van der Waals surface area contributed by atoms with Crippen molar-refractivity contribution in [1.29, 1.82) is 0 Å². The minimum atomic E-state index is -0.0549. The summed E-state index contributed by atoms with van der Waals surface area (Å²) < 4.78 is 0. The van der Waals surface area contributed by atoms with E-state index in [1.165, 1.54) is 5.56 Å². The number of carbonyl (C=O) groups excluding carboxylic acids is 1. The van der Waals surface area contributed by atoms with Crippen LogP contribution in [0.1, 0.15) is 5.56 Å². The number of rotatable bonds is 5. The predicted molar refractivity (Wildman–Crippen MR) is 103 cm³/mol. The van der Waals surface area contributed by atoms with Crippen LogP contribution in [0.15, 0.2) is 48.5 Å². The Morgan fingerprint density at radius 1 is 0.960 bits per heavy atom. The SMILES string of the molecule is O=C(CN1CCN(Cc2ccccc2)CC1)Nc1ccc(Cl)cc1Cl. The van der Waals surface area contributed by atoms with Gasteiger partial charge in [-0.15, -0.1) is 0 Å². The third-order valence-electron chi connectivity index (χ3n) is 4.29. The number of amides is 1. The maximum absolute atomic E-state index is 12.2. The molecule has 0 aliphatic carbocycles. The smallest absolute Gasteiger partial charge is 0.238 e. The third kappa shape index (κ3) is 5.44. The zero-order valence-electron chi connectivity index (χ0n) is 13.9. The highest BCUT2D eigenvalue weighted by Gasteiger charge is 2.19. The van der Waals surface area contributed by atoms with Gasteiger partial charge in [-0.2, -0.15) is 0 Å². The van der Waals surface area contributed by atoms with Crippen LogP contribution in [0, 0.1) is 0 Å². The molecule has 132 valence electrons. The van der Waals surface area contributed by atoms with Crippen LogP contribution in [0.3, 0.4) is 0 Å². The lowest BCUT2D eigenvalue weighted by Crippen LogP contribution is -2.48. The monoisotopic (exact) mass is 377 g/mol. The lowest BCUT2D eigenvalue weighted by molar-refractivity contribution is -0.117. The summed E-state index contributed by atoms with van der Waals surface area (Å²) in [6, 6.07) is 15.5. The van der Waals surface area contributed by atoms with Crippen LogP contribution in [-0.2, 0) is 11.3 Å². The fourth-order valence-corrected chi connectivity index (χ4v) is 3.39. The zero-order chi connectivity index (χ0) is 17.6. The highest BCUT2D eigenvalue weighted by atomic mass is 35.5. The number of benzene rings is 2. The second kappa shape index (κ2) is 8.68. The van der Waals surface area contributed by atoms with Crippen LogP contribution in [0.4, 0.5) is 5.69 Å². The summed E-state index contributed by atoms with van der Waals surface area (Å²) in [5.74, 6) is -0.0549. The molecular formula is C19H21Cl2N3O. The minimum absolute atomic E-state index is 0.0549. The molecule has 1 saturated heterocycles. The highest BCUT2D eigenvalue weighted by Crippen LogP contribution is 2.25. The summed E-state index contributed by atoms with van der Waals surface area (Å²) in [5.41, 5.74) is 1.92. The summed E-state index contributed by atoms with van der Waals surface area (Å²) in [4.78, 5) is 16.8. The molecule has 6 heteroatoms. The molecule has 25 heavy (non-hydrogen) atoms. The van der Waals surface area contributed by atoms with Gasteiger partial charge in [0.05, 0.1) is 17.3 Å². The van der Waals surface area contributed by atoms with E-state index >= 15 is 0 Å². The van der Waals surface area contributed by atoms with E-state index in [4.69, 9.17) is 23.2 Å². The third-order valence-corrected chi connectivity index (χ3v) is 4.83. The van der Waals surface area contributed by atoms with Gasteiger partial charge in [0.25, 0.3) is 0 Å². The summed E-state index contributed by atoms with van der Waals surface area (Å²) in [5, 5.41) is 3.86. The first-order valence-electron chi connectivity index (χ1n) is 8.34. The largest absolute Gasteiger partial charge is 0.324 e. The van der Waals surface area contributed by atoms with Gasteiger partial charge < -0.3 is 5.32 Å². The molecule has 1 heterocycles. The molecule has 3 rings (SSSR count). The molecule has 0 radical (unpaired) electrons. The second-order valence-corrected chi connectivity index (χ2v) is 7.05. The Morgan fingerprint density at radius 3 is 2.32 bits per heavy atom. The van der Waals surface area contributed by atoms with Gasteiger partial charge in [-0.05, 0) is 23.8 Å². The van der Waals surface area contributed by atoms with E-state index in [9.17, 15) is 4.79 Å². The van der Waals surface area contributed by atoms with E-state index < -0.39 is 0 Å². The summed E-state index contributed by atoms with van der Waals surface area (Å²) in [6.45, 7) is 5.02. The maximum atomic E-state index is 12.2. The number of carbonyl (C=O) groups is 1. The van der Waals surface area contributed by atoms with E-state index in [1.807, 2.05) is 6.07 Å². The topological polar surface area (TPSA) is 35.6 Å². The Hall–Kier alpha value is -1.59. The minimum Gasteiger partial charge on any atom is -0.324 e. The van der Waals surface area contributed by atoms with E-state index in [1.54, 1.807) is 18.2 Å². The Bertz CT molecular complexity index is 716. The van der Waals surface area contributed by atoms with Gasteiger partial charge in [-0.3, -0.25) is 14.6 Å². The molecule has 2 aromatic carbocycles. The van der Waals surface area contributed by atoms with Crippen LogP contribution in [0.2, 0.25) is 10.0 Å². The van der Waals surface area contributed by atoms with Crippen molar-refractivity contribution in [3.05, 3.63) is 64.1 Å². The van der Waals surface area contributed by atoms with Crippen molar-refractivity contribution in [3.8, 4) is 0 Å². The molecule has 4 nitrogen and oxygen atoms in total. The van der Waals surface area contributed by atoms with Gasteiger partial charge in [-0.1, -0.05) is 53.5 Å². The number of halogens is 2. The predicted octanol–water partition coefficient (Wildman–Crippen LogP) is 3.75. The maximum Gasteiger partial charge on any atom is 0.238 e. The number of hydrogen-bond donors (Lipinski definition) is 1. The van der Waals surface area contributed by atoms with Crippen molar-refractivity contribution in [2.45, 2.75) is 6.54 Å². The van der Waals surface area contributed by atoms with Crippen molar-refractivity contribution >= 4 is 34.8 Å². The van der Waals surface area contributed by atoms with Crippen LogP contribution in [-0.4, -0.2) is 48.4 Å². The number of nitrogens with zero attached hydrogens (tertiary/aromatic N) is 2. The van der Waals surface area contributed by atoms with Crippen LogP contribution in [0.5, 0.6) is 0 Å². The molecule has 1 amide bonds. The molecule has 0 aromatic heterocycles. The standard InChI is InChI=1S/C19H21Cl2N3O/c20-16-6-7-18(17(21)12-16)22-19(25)14-24-10-8-23(9-11-24)13-15-4-2-1-3-5-15/h1-7,12H,8-11,13-14H2,(H,22,25). The quantitative estimate of drug-likeness (QED) is 0.861. The van der Waals surface area contributed by atoms with Crippen molar-refractivity contribution in [3.63, 3.8) is 0 Å². The highest BCUT2D eigenvalue weighted by molar-refractivity contribution is 6.36. The van der Waals surface area contributed by atoms with Crippen LogP contribution >= 0.6 is 23.2 Å². The Balaban J connectivity index is 1.44. The molecule has 1 fully saturated rings. The van der Waals surface area contributed by atoms with E-state index in [0.717, 1.165) is 32.7 Å². The van der Waals surface area contributed by atoms with Crippen LogP contribution < -0.4 is 5.32 Å². The number of piperazine rings is 1. The first-order valence-corrected chi connectivity index (χ1v) is 9.09. The fourth-order valence-electron chi connectivity index (χ4n) is 2.93. The average Bonchev–Trinajstić information content (AvgIpc) is 2.60. The number of anilines is 1. The molecule has 0 spiro atoms. The second-order valence-electron chi connectivity index (χ2n) is 6.21. The molecule has 0 unspecified atom stereocenters. The molecule has 0 saturated carbocycles. The lowest BCUT2D eigenvalue weighted by Gasteiger charge is -2.34. The number of nitrogens with one attached hydrogen (secondary N) is 1. The fraction of sp³-hybridized carbons (Fsp3) is 0.316. The van der Waals surface area contributed by atoms with E-state index in [0.29, 0.717) is 22.3 Å². The molecular weight excluding hydrogens is 357 g/mol. The zero-order valence-corrected chi connectivity index (χ0v) is 15.4. The molecule has 0 atom stereocenters. The van der Waals surface area contributed by atoms with Crippen LogP contribution in [0.25, 0.3) is 0 Å². The molecule has 2 aromatic rings. The van der Waals surface area contributed by atoms with Gasteiger partial charge in [0, 0.05) is 37.7 Å². The summed E-state index contributed by atoms with van der Waals surface area (Å²) >= 11 is 12.0. The molecule has 0 bridgehead atoms. The van der Waals surface area contributed by atoms with Crippen molar-refractivity contribution < 1.29 is 4.79 Å². The summed E-state index contributed by atoms with van der Waals surface area (Å²) in [7, 11) is 0. The van der Waals surface area contributed by atoms with E-state index in [-0.39, 0.29) is 5.91 Å². The average molecular weight is 378 g/mol. The van der Waals surface area contributed by atoms with Gasteiger partial charge in [-0.25, -0.2) is 0 Å². The molecule has 1 N–H and O–H groups in total. The van der Waals surface area contributed by atoms with Gasteiger partial charge >= 0.3 is 0 Å². The van der Waals surface area contributed by atoms with Gasteiger partial charge in [0.1, 0.15) is 0 Å². The van der Waals surface area contributed by atoms with Gasteiger partial charge in [0.15, 0.2) is 0 Å². The summed E-state index contributed by atoms with van der Waals surface area (Å²) in [6.07, 6.45) is 0. The van der Waals surface area contributed by atoms with Crippen molar-refractivity contribution in [2.75, 3.05) is 38.0 Å². The molecule has 1 aliphatic rings. The Morgan fingerprint density at radius 2 is 1.64 bits per heavy atom. The van der Waals surface area contributed by atoms with E-state index in [2.05, 4.69) is 39.4 Å². The van der Waals surface area contributed by atoms with Crippen molar-refractivity contribution in [1.82, 2.24) is 9.80 Å². The Labute approximate surface area is 158 Å². The first-order chi connectivity index (χ1) is 12.1. The van der Waals surface area contributed by atoms with Gasteiger partial charge in [0.2, 0.25) is 5.91 Å².